The smallest absolute Gasteiger partial charge is 0.411 e. The second-order valence-corrected chi connectivity index (χ2v) is 8.22. The van der Waals surface area contributed by atoms with Crippen molar-refractivity contribution in [2.75, 3.05) is 12.4 Å². The van der Waals surface area contributed by atoms with E-state index in [1.807, 2.05) is 18.2 Å². The number of hydrogen-bond acceptors (Lipinski definition) is 3. The summed E-state index contributed by atoms with van der Waals surface area (Å²) in [4.78, 5) is 16.0. The highest BCUT2D eigenvalue weighted by atomic mass is 16.5. The van der Waals surface area contributed by atoms with Crippen LogP contribution in [0.2, 0.25) is 0 Å². The molecule has 3 rings (SSSR count). The van der Waals surface area contributed by atoms with Gasteiger partial charge in [0.15, 0.2) is 0 Å². The molecule has 1 fully saturated rings. The van der Waals surface area contributed by atoms with Crippen LogP contribution in [0.15, 0.2) is 18.2 Å². The Bertz CT molecular complexity index is 724. The Balaban J connectivity index is 0.000000313. The van der Waals surface area contributed by atoms with Crippen LogP contribution in [0.3, 0.4) is 0 Å². The molecule has 0 spiro atoms. The number of ether oxygens (including phenoxy) is 1. The molecule has 5 nitrogen and oxygen atoms in total. The number of carbonyl (C=O) groups excluding carboxylic acids is 1. The van der Waals surface area contributed by atoms with Crippen molar-refractivity contribution in [3.05, 3.63) is 24.0 Å². The van der Waals surface area contributed by atoms with E-state index in [-0.39, 0.29) is 5.41 Å². The zero-order valence-corrected chi connectivity index (χ0v) is 17.6. The van der Waals surface area contributed by atoms with Gasteiger partial charge in [0, 0.05) is 17.6 Å². The third kappa shape index (κ3) is 5.98. The number of aromatic nitrogens is 2. The molecule has 0 aliphatic heterocycles. The summed E-state index contributed by atoms with van der Waals surface area (Å²) < 4.78 is 6.80. The summed E-state index contributed by atoms with van der Waals surface area (Å²) in [5.41, 5.74) is 2.62. The molecule has 27 heavy (non-hydrogen) atoms. The Morgan fingerprint density at radius 1 is 1.11 bits per heavy atom. The highest BCUT2D eigenvalue weighted by molar-refractivity contribution is 5.88. The van der Waals surface area contributed by atoms with Gasteiger partial charge in [-0.25, -0.2) is 9.78 Å². The maximum atomic E-state index is 11.2. The van der Waals surface area contributed by atoms with E-state index in [1.54, 1.807) is 0 Å². The molecule has 1 N–H and O–H groups in total. The number of aryl methyl sites for hydroxylation is 1. The third-order valence-electron chi connectivity index (χ3n) is 4.92. The number of nitrogens with one attached hydrogen (secondary N) is 1. The first-order valence-corrected chi connectivity index (χ1v) is 10.2. The van der Waals surface area contributed by atoms with Gasteiger partial charge in [-0.05, 0) is 25.1 Å². The summed E-state index contributed by atoms with van der Waals surface area (Å²) in [6.07, 6.45) is 10.0. The van der Waals surface area contributed by atoms with Crippen molar-refractivity contribution in [3.63, 3.8) is 0 Å². The molecule has 150 valence electrons. The number of nitrogens with zero attached hydrogens (tertiary/aromatic N) is 2. The van der Waals surface area contributed by atoms with Crippen LogP contribution in [0.1, 0.15) is 78.5 Å². The van der Waals surface area contributed by atoms with Crippen LogP contribution >= 0.6 is 0 Å². The molecule has 1 aliphatic rings. The summed E-state index contributed by atoms with van der Waals surface area (Å²) in [5.74, 6) is 1.05. The van der Waals surface area contributed by atoms with Crippen LogP contribution in [0, 0.1) is 0 Å². The van der Waals surface area contributed by atoms with E-state index in [1.165, 1.54) is 52.1 Å². The Morgan fingerprint density at radius 3 is 2.11 bits per heavy atom. The van der Waals surface area contributed by atoms with Crippen molar-refractivity contribution in [1.82, 2.24) is 9.55 Å². The molecular weight excluding hydrogens is 338 g/mol. The number of anilines is 1. The molecule has 0 bridgehead atoms. The summed E-state index contributed by atoms with van der Waals surface area (Å²) in [7, 11) is 1.34. The molecule has 1 aromatic heterocycles. The van der Waals surface area contributed by atoms with Crippen molar-refractivity contribution in [3.8, 4) is 0 Å². The molecule has 1 saturated carbocycles. The average Bonchev–Trinajstić information content (AvgIpc) is 2.80. The second-order valence-electron chi connectivity index (χ2n) is 8.22. The first-order valence-electron chi connectivity index (χ1n) is 10.2. The van der Waals surface area contributed by atoms with Gasteiger partial charge in [0.1, 0.15) is 5.82 Å². The van der Waals surface area contributed by atoms with Crippen LogP contribution < -0.4 is 5.32 Å². The molecular formula is C22H35N3O2. The summed E-state index contributed by atoms with van der Waals surface area (Å²) in [6.45, 7) is 9.42. The normalized spacial score (nSPS) is 14.9. The highest BCUT2D eigenvalue weighted by Crippen LogP contribution is 2.28. The lowest BCUT2D eigenvalue weighted by molar-refractivity contribution is 0.187. The Labute approximate surface area is 163 Å². The van der Waals surface area contributed by atoms with Crippen LogP contribution in [-0.4, -0.2) is 22.8 Å². The van der Waals surface area contributed by atoms with Gasteiger partial charge in [-0.3, -0.25) is 5.32 Å². The molecule has 0 atom stereocenters. The Hall–Kier alpha value is -2.04. The van der Waals surface area contributed by atoms with E-state index < -0.39 is 6.09 Å². The molecule has 5 heteroatoms. The van der Waals surface area contributed by atoms with Crippen LogP contribution in [0.4, 0.5) is 10.5 Å². The molecule has 1 aromatic carbocycles. The van der Waals surface area contributed by atoms with E-state index in [2.05, 4.69) is 42.3 Å². The number of imidazole rings is 1. The van der Waals surface area contributed by atoms with Crippen LogP contribution in [-0.2, 0) is 16.7 Å². The topological polar surface area (TPSA) is 56.2 Å². The quantitative estimate of drug-likeness (QED) is 0.632. The highest BCUT2D eigenvalue weighted by Gasteiger charge is 2.22. The summed E-state index contributed by atoms with van der Waals surface area (Å²) >= 11 is 0. The number of hydrogen-bond donors (Lipinski definition) is 1. The van der Waals surface area contributed by atoms with Gasteiger partial charge in [-0.15, -0.1) is 0 Å². The largest absolute Gasteiger partial charge is 0.453 e. The second kappa shape index (κ2) is 9.77. The molecule has 0 radical (unpaired) electrons. The van der Waals surface area contributed by atoms with E-state index in [0.717, 1.165) is 23.4 Å². The van der Waals surface area contributed by atoms with Crippen molar-refractivity contribution in [2.45, 2.75) is 84.6 Å². The minimum atomic E-state index is -0.477. The van der Waals surface area contributed by atoms with Gasteiger partial charge in [-0.2, -0.15) is 0 Å². The minimum absolute atomic E-state index is 0.0228. The zero-order valence-electron chi connectivity index (χ0n) is 17.6. The number of methoxy groups -OCH3 is 1. The van der Waals surface area contributed by atoms with Gasteiger partial charge in [0.05, 0.1) is 18.1 Å². The van der Waals surface area contributed by atoms with Gasteiger partial charge in [-0.1, -0.05) is 65.7 Å². The number of carbonyl (C=O) groups is 1. The number of benzene rings is 1. The zero-order chi connectivity index (χ0) is 19.9. The van der Waals surface area contributed by atoms with Crippen LogP contribution in [0.25, 0.3) is 11.0 Å². The third-order valence-corrected chi connectivity index (χ3v) is 4.92. The van der Waals surface area contributed by atoms with Crippen molar-refractivity contribution in [2.24, 2.45) is 0 Å². The fraction of sp³-hybridized carbons (Fsp3) is 0.636. The Morgan fingerprint density at radius 2 is 1.67 bits per heavy atom. The van der Waals surface area contributed by atoms with Gasteiger partial charge < -0.3 is 9.30 Å². The summed E-state index contributed by atoms with van der Waals surface area (Å²) in [5, 5.41) is 2.66. The van der Waals surface area contributed by atoms with Gasteiger partial charge in [0.2, 0.25) is 0 Å². The first kappa shape index (κ1) is 21.3. The van der Waals surface area contributed by atoms with E-state index in [9.17, 15) is 4.79 Å². The van der Waals surface area contributed by atoms with Crippen molar-refractivity contribution >= 4 is 22.8 Å². The first-order chi connectivity index (χ1) is 12.9. The maximum Gasteiger partial charge on any atom is 0.411 e. The molecule has 2 aromatic rings. The standard InChI is InChI=1S/C15H21N3O2.C7H14/c1-6-18-12-8-7-10(16-14(19)20-5)9-11(12)17-13(18)15(2,3)4;1-2-4-6-7-5-3-1/h7-9H,6H2,1-5H3,(H,16,19);1-7H2. The molecule has 1 heterocycles. The van der Waals surface area contributed by atoms with E-state index >= 15 is 0 Å². The molecule has 0 saturated heterocycles. The lowest BCUT2D eigenvalue weighted by Gasteiger charge is -2.19. The van der Waals surface area contributed by atoms with Crippen molar-refractivity contribution < 1.29 is 9.53 Å². The molecule has 1 amide bonds. The SMILES string of the molecule is C1CCCCCC1.CCn1c(C(C)(C)C)nc2cc(NC(=O)OC)ccc21. The minimum Gasteiger partial charge on any atom is -0.453 e. The lowest BCUT2D eigenvalue weighted by Crippen LogP contribution is -2.18. The maximum absolute atomic E-state index is 11.2. The van der Waals surface area contributed by atoms with E-state index in [4.69, 9.17) is 4.98 Å². The molecule has 0 unspecified atom stereocenters. The molecule has 1 aliphatic carbocycles. The van der Waals surface area contributed by atoms with E-state index in [0.29, 0.717) is 5.69 Å². The number of fused-ring (bicyclic) bond motifs is 1. The van der Waals surface area contributed by atoms with Crippen molar-refractivity contribution in [1.29, 1.82) is 0 Å². The Kier molecular flexibility index (Phi) is 7.69. The predicted molar refractivity (Wildman–Crippen MR) is 112 cm³/mol. The van der Waals surface area contributed by atoms with Crippen LogP contribution in [0.5, 0.6) is 0 Å². The number of rotatable bonds is 2. The number of amides is 1. The van der Waals surface area contributed by atoms with Gasteiger partial charge in [0.25, 0.3) is 0 Å². The summed E-state index contributed by atoms with van der Waals surface area (Å²) in [6, 6.07) is 5.71. The average molecular weight is 374 g/mol. The fourth-order valence-corrected chi connectivity index (χ4v) is 3.51. The fourth-order valence-electron chi connectivity index (χ4n) is 3.51. The monoisotopic (exact) mass is 373 g/mol. The lowest BCUT2D eigenvalue weighted by atomic mass is 9.96. The van der Waals surface area contributed by atoms with Gasteiger partial charge >= 0.3 is 6.09 Å². The predicted octanol–water partition coefficient (Wildman–Crippen LogP) is 6.26.